The van der Waals surface area contributed by atoms with Gasteiger partial charge in [0.15, 0.2) is 27.8 Å². The molecule has 4 aromatic rings. The lowest BCUT2D eigenvalue weighted by Gasteiger charge is -2.25. The monoisotopic (exact) mass is 720 g/mol. The number of esters is 1. The van der Waals surface area contributed by atoms with Crippen LogP contribution in [0.3, 0.4) is 0 Å². The summed E-state index contributed by atoms with van der Waals surface area (Å²) in [5.74, 6) is 1.64. The normalized spacial score (nSPS) is 14.5. The Morgan fingerprint density at radius 3 is 2.43 bits per heavy atom. The quantitative estimate of drug-likeness (QED) is 0.158. The van der Waals surface area contributed by atoms with Crippen molar-refractivity contribution >= 4 is 39.3 Å². The zero-order valence-corrected chi connectivity index (χ0v) is 29.6. The summed E-state index contributed by atoms with van der Waals surface area (Å²) >= 11 is 4.91. The number of hydrogen-bond donors (Lipinski definition) is 0. The van der Waals surface area contributed by atoms with Crippen molar-refractivity contribution in [3.05, 3.63) is 113 Å². The molecule has 0 saturated heterocycles. The minimum atomic E-state index is -0.800. The number of fused-ring (bicyclic) bond motifs is 1. The van der Waals surface area contributed by atoms with Crippen LogP contribution in [0.25, 0.3) is 6.08 Å². The van der Waals surface area contributed by atoms with Crippen molar-refractivity contribution in [1.82, 2.24) is 4.57 Å². The van der Waals surface area contributed by atoms with Crippen LogP contribution in [0.2, 0.25) is 0 Å². The zero-order chi connectivity index (χ0) is 33.7. The van der Waals surface area contributed by atoms with Crippen LogP contribution in [-0.4, -0.2) is 37.0 Å². The third kappa shape index (κ3) is 7.47. The SMILES string of the molecule is CCOC(=O)C1=C(C)N=c2s/c(=C\c3cc(OCC)c(OCc4ccccc4)cc3Br)c(=O)n2[C@H]1c1ccc(OC(C)C)c(OC)c1. The van der Waals surface area contributed by atoms with Crippen molar-refractivity contribution in [3.8, 4) is 23.0 Å². The molecule has 0 unspecified atom stereocenters. The van der Waals surface area contributed by atoms with Gasteiger partial charge in [0.05, 0.1) is 48.3 Å². The summed E-state index contributed by atoms with van der Waals surface area (Å²) in [6, 6.07) is 18.2. The summed E-state index contributed by atoms with van der Waals surface area (Å²) in [7, 11) is 1.55. The van der Waals surface area contributed by atoms with Crippen LogP contribution < -0.4 is 33.8 Å². The fourth-order valence-corrected chi connectivity index (χ4v) is 6.71. The molecule has 3 aromatic carbocycles. The molecule has 47 heavy (non-hydrogen) atoms. The lowest BCUT2D eigenvalue weighted by Crippen LogP contribution is -2.40. The molecule has 1 aromatic heterocycles. The highest BCUT2D eigenvalue weighted by molar-refractivity contribution is 9.10. The number of thiazole rings is 1. The molecule has 0 saturated carbocycles. The number of allylic oxidation sites excluding steroid dienone is 1. The molecular formula is C36H37BrN2O7S. The molecule has 2 heterocycles. The second-order valence-electron chi connectivity index (χ2n) is 10.9. The van der Waals surface area contributed by atoms with Gasteiger partial charge in [-0.3, -0.25) is 9.36 Å². The van der Waals surface area contributed by atoms with Gasteiger partial charge in [0.25, 0.3) is 5.56 Å². The predicted molar refractivity (Wildman–Crippen MR) is 185 cm³/mol. The minimum Gasteiger partial charge on any atom is -0.493 e. The molecule has 0 amide bonds. The van der Waals surface area contributed by atoms with E-state index in [1.54, 1.807) is 43.7 Å². The molecular weight excluding hydrogens is 684 g/mol. The lowest BCUT2D eigenvalue weighted by atomic mass is 9.95. The highest BCUT2D eigenvalue weighted by Crippen LogP contribution is 2.37. The van der Waals surface area contributed by atoms with Gasteiger partial charge in [0, 0.05) is 4.47 Å². The molecule has 1 atom stereocenters. The van der Waals surface area contributed by atoms with Crippen molar-refractivity contribution in [2.45, 2.75) is 53.4 Å². The Hall–Kier alpha value is -4.35. The van der Waals surface area contributed by atoms with Crippen LogP contribution >= 0.6 is 27.3 Å². The number of rotatable bonds is 12. The maximum atomic E-state index is 14.2. The van der Waals surface area contributed by atoms with Crippen LogP contribution in [0.4, 0.5) is 0 Å². The number of methoxy groups -OCH3 is 1. The smallest absolute Gasteiger partial charge is 0.338 e. The molecule has 5 rings (SSSR count). The third-order valence-corrected chi connectivity index (χ3v) is 8.94. The van der Waals surface area contributed by atoms with E-state index >= 15 is 0 Å². The number of hydrogen-bond acceptors (Lipinski definition) is 9. The Kier molecular flexibility index (Phi) is 10.9. The van der Waals surface area contributed by atoms with Gasteiger partial charge in [-0.25, -0.2) is 9.79 Å². The Morgan fingerprint density at radius 2 is 1.74 bits per heavy atom. The van der Waals surface area contributed by atoms with Crippen molar-refractivity contribution in [1.29, 1.82) is 0 Å². The Labute approximate surface area is 285 Å². The van der Waals surface area contributed by atoms with Crippen molar-refractivity contribution < 1.29 is 28.5 Å². The molecule has 246 valence electrons. The fourth-order valence-electron chi connectivity index (χ4n) is 5.23. The number of benzene rings is 3. The molecule has 0 bridgehead atoms. The first-order chi connectivity index (χ1) is 22.6. The first-order valence-electron chi connectivity index (χ1n) is 15.3. The molecule has 1 aliphatic heterocycles. The Bertz CT molecular complexity index is 1980. The van der Waals surface area contributed by atoms with Crippen LogP contribution in [0, 0.1) is 0 Å². The van der Waals surface area contributed by atoms with Gasteiger partial charge in [-0.15, -0.1) is 0 Å². The highest BCUT2D eigenvalue weighted by atomic mass is 79.9. The number of aromatic nitrogens is 1. The first kappa shape index (κ1) is 34.0. The van der Waals surface area contributed by atoms with Crippen LogP contribution in [0.1, 0.15) is 57.4 Å². The van der Waals surface area contributed by atoms with Gasteiger partial charge in [0.2, 0.25) is 0 Å². The molecule has 0 radical (unpaired) electrons. The average Bonchev–Trinajstić information content (AvgIpc) is 3.35. The first-order valence-corrected chi connectivity index (χ1v) is 16.9. The van der Waals surface area contributed by atoms with E-state index in [-0.39, 0.29) is 23.8 Å². The standard InChI is InChI=1S/C36H37BrN2O7S/c1-7-43-29-17-25(26(37)19-30(29)45-20-23-12-10-9-11-13-23)18-31-34(40)39-33(24-14-15-27(46-21(3)4)28(16-24)42-6)32(35(41)44-8-2)22(5)38-36(39)47-31/h9-19,21,33H,7-8,20H2,1-6H3/b31-18-/t33-/m0/s1. The van der Waals surface area contributed by atoms with Gasteiger partial charge < -0.3 is 23.7 Å². The van der Waals surface area contributed by atoms with E-state index in [2.05, 4.69) is 15.9 Å². The van der Waals surface area contributed by atoms with E-state index in [9.17, 15) is 9.59 Å². The van der Waals surface area contributed by atoms with E-state index in [0.717, 1.165) is 15.6 Å². The fraction of sp³-hybridized carbons (Fsp3) is 0.306. The maximum absolute atomic E-state index is 14.2. The lowest BCUT2D eigenvalue weighted by molar-refractivity contribution is -0.139. The Balaban J connectivity index is 1.62. The summed E-state index contributed by atoms with van der Waals surface area (Å²) in [6.07, 6.45) is 1.72. The third-order valence-electron chi connectivity index (χ3n) is 7.27. The number of carbonyl (C=O) groups excluding carboxylic acids is 1. The molecule has 0 aliphatic carbocycles. The van der Waals surface area contributed by atoms with E-state index in [4.69, 9.17) is 28.7 Å². The van der Waals surface area contributed by atoms with Gasteiger partial charge in [-0.2, -0.15) is 0 Å². The predicted octanol–water partition coefficient (Wildman–Crippen LogP) is 6.33. The summed E-state index contributed by atoms with van der Waals surface area (Å²) in [5, 5.41) is 0. The van der Waals surface area contributed by atoms with E-state index in [0.29, 0.717) is 56.8 Å². The number of ether oxygens (including phenoxy) is 5. The second-order valence-corrected chi connectivity index (χ2v) is 12.8. The summed E-state index contributed by atoms with van der Waals surface area (Å²) in [6.45, 7) is 10.2. The molecule has 9 nitrogen and oxygen atoms in total. The number of halogens is 1. The zero-order valence-electron chi connectivity index (χ0n) is 27.2. The number of carbonyl (C=O) groups is 1. The Morgan fingerprint density at radius 1 is 1.00 bits per heavy atom. The van der Waals surface area contributed by atoms with E-state index in [1.807, 2.05) is 69.3 Å². The maximum Gasteiger partial charge on any atom is 0.338 e. The van der Waals surface area contributed by atoms with Crippen LogP contribution in [0.5, 0.6) is 23.0 Å². The van der Waals surface area contributed by atoms with Gasteiger partial charge >= 0.3 is 5.97 Å². The summed E-state index contributed by atoms with van der Waals surface area (Å²) in [4.78, 5) is 32.7. The van der Waals surface area contributed by atoms with E-state index in [1.165, 1.54) is 11.3 Å². The minimum absolute atomic E-state index is 0.0725. The largest absolute Gasteiger partial charge is 0.493 e. The molecule has 11 heteroatoms. The van der Waals surface area contributed by atoms with Crippen molar-refractivity contribution in [3.63, 3.8) is 0 Å². The molecule has 0 spiro atoms. The van der Waals surface area contributed by atoms with Gasteiger partial charge in [-0.05, 0) is 81.7 Å². The van der Waals surface area contributed by atoms with Crippen LogP contribution in [-0.2, 0) is 16.1 Å². The molecule has 0 N–H and O–H groups in total. The molecule has 0 fully saturated rings. The van der Waals surface area contributed by atoms with Crippen molar-refractivity contribution in [2.75, 3.05) is 20.3 Å². The molecule has 1 aliphatic rings. The average molecular weight is 722 g/mol. The van der Waals surface area contributed by atoms with Gasteiger partial charge in [-0.1, -0.05) is 63.7 Å². The summed E-state index contributed by atoms with van der Waals surface area (Å²) in [5.41, 5.74) is 2.86. The van der Waals surface area contributed by atoms with Crippen molar-refractivity contribution in [2.24, 2.45) is 4.99 Å². The topological polar surface area (TPSA) is 97.6 Å². The van der Waals surface area contributed by atoms with E-state index < -0.39 is 12.0 Å². The van der Waals surface area contributed by atoms with Crippen LogP contribution in [0.15, 0.2) is 86.2 Å². The highest BCUT2D eigenvalue weighted by Gasteiger charge is 2.34. The number of nitrogens with zero attached hydrogens (tertiary/aromatic N) is 2. The second kappa shape index (κ2) is 15.0. The van der Waals surface area contributed by atoms with Gasteiger partial charge in [0.1, 0.15) is 6.61 Å². The summed E-state index contributed by atoms with van der Waals surface area (Å²) < 4.78 is 31.7.